The zero-order valence-corrected chi connectivity index (χ0v) is 17.3. The Morgan fingerprint density at radius 3 is 2.81 bits per heavy atom. The van der Waals surface area contributed by atoms with Gasteiger partial charge >= 0.3 is 6.09 Å². The summed E-state index contributed by atoms with van der Waals surface area (Å²) in [7, 11) is 5.73. The lowest BCUT2D eigenvalue weighted by Gasteiger charge is -2.23. The van der Waals surface area contributed by atoms with Gasteiger partial charge in [0.25, 0.3) is 0 Å². The van der Waals surface area contributed by atoms with Crippen LogP contribution in [0.5, 0.6) is 0 Å². The Hall–Kier alpha value is -2.03. The van der Waals surface area contributed by atoms with Gasteiger partial charge in [0.1, 0.15) is 5.60 Å². The van der Waals surface area contributed by atoms with Crippen molar-refractivity contribution in [1.82, 2.24) is 20.5 Å². The van der Waals surface area contributed by atoms with Crippen LogP contribution in [-0.4, -0.2) is 67.8 Å². The largest absolute Gasteiger partial charge is 0.444 e. The summed E-state index contributed by atoms with van der Waals surface area (Å²) >= 11 is 1.62. The van der Waals surface area contributed by atoms with Crippen LogP contribution in [0.4, 0.5) is 9.93 Å². The van der Waals surface area contributed by atoms with Gasteiger partial charge in [0, 0.05) is 39.6 Å². The first-order valence-corrected chi connectivity index (χ1v) is 9.62. The number of aliphatic imine (C=N–C) groups is 1. The number of anilines is 1. The van der Waals surface area contributed by atoms with Crippen LogP contribution in [0.15, 0.2) is 10.4 Å². The van der Waals surface area contributed by atoms with Crippen LogP contribution in [-0.2, 0) is 11.3 Å². The fourth-order valence-electron chi connectivity index (χ4n) is 2.63. The van der Waals surface area contributed by atoms with Crippen molar-refractivity contribution >= 4 is 28.5 Å². The molecule has 2 N–H and O–H groups in total. The van der Waals surface area contributed by atoms with Crippen LogP contribution in [0.1, 0.15) is 32.9 Å². The topological polar surface area (TPSA) is 82.1 Å². The Kier molecular flexibility index (Phi) is 6.69. The van der Waals surface area contributed by atoms with Crippen LogP contribution in [0.25, 0.3) is 0 Å². The van der Waals surface area contributed by atoms with Crippen molar-refractivity contribution in [3.05, 3.63) is 11.1 Å². The van der Waals surface area contributed by atoms with Gasteiger partial charge in [-0.15, -0.1) is 11.3 Å². The maximum Gasteiger partial charge on any atom is 0.407 e. The first-order chi connectivity index (χ1) is 12.2. The first kappa shape index (κ1) is 20.3. The number of carbonyl (C=O) groups is 1. The van der Waals surface area contributed by atoms with Gasteiger partial charge in [0.15, 0.2) is 11.1 Å². The van der Waals surface area contributed by atoms with E-state index >= 15 is 0 Å². The average molecular weight is 383 g/mol. The van der Waals surface area contributed by atoms with E-state index in [2.05, 4.69) is 25.5 Å². The number of nitrogens with one attached hydrogen (secondary N) is 2. The summed E-state index contributed by atoms with van der Waals surface area (Å²) < 4.78 is 5.32. The van der Waals surface area contributed by atoms with Gasteiger partial charge in [-0.25, -0.2) is 9.78 Å². The second-order valence-corrected chi connectivity index (χ2v) is 8.33. The molecule has 0 aromatic carbocycles. The normalized spacial score (nSPS) is 18.0. The van der Waals surface area contributed by atoms with Crippen molar-refractivity contribution in [3.63, 3.8) is 0 Å². The molecular formula is C17H30N6O2S. The molecule has 0 aliphatic carbocycles. The zero-order chi connectivity index (χ0) is 19.3. The Labute approximate surface area is 159 Å². The van der Waals surface area contributed by atoms with E-state index in [-0.39, 0.29) is 12.1 Å². The number of hydrogen-bond donors (Lipinski definition) is 2. The number of ether oxygens (including phenoxy) is 1. The van der Waals surface area contributed by atoms with E-state index < -0.39 is 5.60 Å². The van der Waals surface area contributed by atoms with E-state index in [0.29, 0.717) is 13.1 Å². The van der Waals surface area contributed by atoms with Gasteiger partial charge in [0.2, 0.25) is 0 Å². The lowest BCUT2D eigenvalue weighted by Crippen LogP contribution is -2.44. The molecule has 26 heavy (non-hydrogen) atoms. The number of aromatic nitrogens is 1. The van der Waals surface area contributed by atoms with Gasteiger partial charge < -0.3 is 25.2 Å². The van der Waals surface area contributed by atoms with E-state index in [1.54, 1.807) is 18.4 Å². The third-order valence-electron chi connectivity index (χ3n) is 3.77. The third kappa shape index (κ3) is 6.05. The van der Waals surface area contributed by atoms with Crippen molar-refractivity contribution in [2.75, 3.05) is 39.1 Å². The van der Waals surface area contributed by atoms with E-state index in [9.17, 15) is 4.79 Å². The highest BCUT2D eigenvalue weighted by atomic mass is 32.1. The number of thiazole rings is 1. The molecule has 1 fully saturated rings. The molecule has 1 aliphatic heterocycles. The van der Waals surface area contributed by atoms with Gasteiger partial charge in [-0.2, -0.15) is 0 Å². The lowest BCUT2D eigenvalue weighted by atomic mass is 10.2. The molecule has 2 heterocycles. The highest BCUT2D eigenvalue weighted by molar-refractivity contribution is 7.13. The minimum absolute atomic E-state index is 0.0583. The van der Waals surface area contributed by atoms with Crippen molar-refractivity contribution in [2.45, 2.75) is 45.4 Å². The number of carbonyl (C=O) groups excluding carboxylic acids is 1. The molecule has 1 aromatic heterocycles. The van der Waals surface area contributed by atoms with Crippen LogP contribution in [0, 0.1) is 0 Å². The van der Waals surface area contributed by atoms with Crippen molar-refractivity contribution in [3.8, 4) is 0 Å². The molecule has 146 valence electrons. The van der Waals surface area contributed by atoms with Gasteiger partial charge in [-0.05, 0) is 27.2 Å². The second kappa shape index (κ2) is 8.57. The Morgan fingerprint density at radius 2 is 2.23 bits per heavy atom. The Bertz CT molecular complexity index is 637. The predicted octanol–water partition coefficient (Wildman–Crippen LogP) is 1.88. The fraction of sp³-hybridized carbons (Fsp3) is 0.706. The van der Waals surface area contributed by atoms with Crippen LogP contribution in [0.2, 0.25) is 0 Å². The smallest absolute Gasteiger partial charge is 0.407 e. The summed E-state index contributed by atoms with van der Waals surface area (Å²) in [5.74, 6) is 0.817. The number of likely N-dealkylation sites (tertiary alicyclic amines) is 1. The van der Waals surface area contributed by atoms with Crippen molar-refractivity contribution < 1.29 is 9.53 Å². The SMILES string of the molecule is CN=C(NCc1csc(N(C)C)n1)N1CCC(NC(=O)OC(C)(C)C)C1. The van der Waals surface area contributed by atoms with Gasteiger partial charge in [-0.3, -0.25) is 4.99 Å². The van der Waals surface area contributed by atoms with Crippen molar-refractivity contribution in [1.29, 1.82) is 0 Å². The molecule has 0 spiro atoms. The maximum absolute atomic E-state index is 11.9. The second-order valence-electron chi connectivity index (χ2n) is 7.49. The molecule has 1 amide bonds. The standard InChI is InChI=1S/C17H30N6O2S/c1-17(2,3)25-16(24)21-12-7-8-23(10-12)14(18-4)19-9-13-11-26-15(20-13)22(5)6/h11-12H,7-10H2,1-6H3,(H,18,19)(H,21,24). The number of rotatable bonds is 4. The first-order valence-electron chi connectivity index (χ1n) is 8.75. The monoisotopic (exact) mass is 382 g/mol. The average Bonchev–Trinajstić information content (AvgIpc) is 3.15. The van der Waals surface area contributed by atoms with E-state index in [1.165, 1.54) is 0 Å². The predicted molar refractivity (Wildman–Crippen MR) is 106 cm³/mol. The summed E-state index contributed by atoms with van der Waals surface area (Å²) in [5, 5.41) is 9.32. The molecular weight excluding hydrogens is 352 g/mol. The number of alkyl carbamates (subject to hydrolysis) is 1. The highest BCUT2D eigenvalue weighted by Crippen LogP contribution is 2.18. The fourth-order valence-corrected chi connectivity index (χ4v) is 3.39. The number of amides is 1. The maximum atomic E-state index is 11.9. The van der Waals surface area contributed by atoms with E-state index in [1.807, 2.05) is 45.1 Å². The molecule has 1 unspecified atom stereocenters. The minimum Gasteiger partial charge on any atom is -0.444 e. The van der Waals surface area contributed by atoms with Crippen LogP contribution < -0.4 is 15.5 Å². The molecule has 2 rings (SSSR count). The number of nitrogens with zero attached hydrogens (tertiary/aromatic N) is 4. The summed E-state index contributed by atoms with van der Waals surface area (Å²) in [4.78, 5) is 25.0. The van der Waals surface area contributed by atoms with Gasteiger partial charge in [0.05, 0.1) is 18.3 Å². The summed E-state index contributed by atoms with van der Waals surface area (Å²) in [6, 6.07) is 0.0583. The van der Waals surface area contributed by atoms with E-state index in [4.69, 9.17) is 4.74 Å². The van der Waals surface area contributed by atoms with Crippen LogP contribution in [0.3, 0.4) is 0 Å². The quantitative estimate of drug-likeness (QED) is 0.611. The van der Waals surface area contributed by atoms with Gasteiger partial charge in [-0.1, -0.05) is 0 Å². The Balaban J connectivity index is 1.82. The molecule has 8 nitrogen and oxygen atoms in total. The summed E-state index contributed by atoms with van der Waals surface area (Å²) in [5.41, 5.74) is 0.501. The third-order valence-corrected chi connectivity index (χ3v) is 4.83. The molecule has 1 atom stereocenters. The van der Waals surface area contributed by atoms with Crippen molar-refractivity contribution in [2.24, 2.45) is 4.99 Å². The summed E-state index contributed by atoms with van der Waals surface area (Å²) in [6.45, 7) is 7.75. The molecule has 0 bridgehead atoms. The summed E-state index contributed by atoms with van der Waals surface area (Å²) in [6.07, 6.45) is 0.493. The number of hydrogen-bond acceptors (Lipinski definition) is 6. The zero-order valence-electron chi connectivity index (χ0n) is 16.5. The molecule has 0 radical (unpaired) electrons. The minimum atomic E-state index is -0.487. The number of guanidine groups is 1. The highest BCUT2D eigenvalue weighted by Gasteiger charge is 2.27. The molecule has 0 saturated carbocycles. The molecule has 1 aromatic rings. The molecule has 1 aliphatic rings. The van der Waals surface area contributed by atoms with Crippen LogP contribution >= 0.6 is 11.3 Å². The molecule has 9 heteroatoms. The van der Waals surface area contributed by atoms with E-state index in [0.717, 1.165) is 29.8 Å². The molecule has 1 saturated heterocycles. The lowest BCUT2D eigenvalue weighted by molar-refractivity contribution is 0.0507. The Morgan fingerprint density at radius 1 is 1.50 bits per heavy atom.